The molecule has 15 heavy (non-hydrogen) atoms. The number of aromatic nitrogens is 1. The van der Waals surface area contributed by atoms with Crippen LogP contribution < -0.4 is 0 Å². The Morgan fingerprint density at radius 3 is 2.53 bits per heavy atom. The van der Waals surface area contributed by atoms with E-state index in [1.54, 1.807) is 5.51 Å². The molecule has 1 aromatic heterocycles. The molecular formula is C8H13N3O2S2. The van der Waals surface area contributed by atoms with Gasteiger partial charge >= 0.3 is 0 Å². The van der Waals surface area contributed by atoms with Crippen molar-refractivity contribution in [2.75, 3.05) is 33.2 Å². The minimum atomic E-state index is -3.28. The van der Waals surface area contributed by atoms with Crippen LogP contribution in [0.15, 0.2) is 15.9 Å². The Kier molecular flexibility index (Phi) is 3.06. The van der Waals surface area contributed by atoms with Crippen LogP contribution in [0.1, 0.15) is 0 Å². The molecular weight excluding hydrogens is 234 g/mol. The van der Waals surface area contributed by atoms with Crippen molar-refractivity contribution >= 4 is 21.4 Å². The van der Waals surface area contributed by atoms with Crippen LogP contribution in [0, 0.1) is 0 Å². The molecule has 2 heterocycles. The van der Waals surface area contributed by atoms with Gasteiger partial charge in [-0.3, -0.25) is 4.98 Å². The molecule has 0 unspecified atom stereocenters. The SMILES string of the molecule is CN1CCN(S(=O)(=O)c2cncs2)CC1. The first-order valence-corrected chi connectivity index (χ1v) is 7.00. The van der Waals surface area contributed by atoms with Crippen molar-refractivity contribution in [2.24, 2.45) is 0 Å². The first-order valence-electron chi connectivity index (χ1n) is 4.68. The minimum Gasteiger partial charge on any atom is -0.304 e. The van der Waals surface area contributed by atoms with E-state index < -0.39 is 10.0 Å². The normalized spacial score (nSPS) is 20.6. The molecule has 5 nitrogen and oxygen atoms in total. The number of hydrogen-bond acceptors (Lipinski definition) is 5. The van der Waals surface area contributed by atoms with Crippen LogP contribution in [-0.4, -0.2) is 55.8 Å². The summed E-state index contributed by atoms with van der Waals surface area (Å²) >= 11 is 1.17. The summed E-state index contributed by atoms with van der Waals surface area (Å²) in [6.45, 7) is 2.71. The van der Waals surface area contributed by atoms with E-state index in [1.807, 2.05) is 7.05 Å². The fourth-order valence-corrected chi connectivity index (χ4v) is 3.86. The third-order valence-corrected chi connectivity index (χ3v) is 5.61. The number of piperazine rings is 1. The maximum absolute atomic E-state index is 12.0. The van der Waals surface area contributed by atoms with Crippen molar-refractivity contribution in [1.82, 2.24) is 14.2 Å². The fourth-order valence-electron chi connectivity index (χ4n) is 1.49. The smallest absolute Gasteiger partial charge is 0.254 e. The molecule has 1 aliphatic rings. The summed E-state index contributed by atoms with van der Waals surface area (Å²) < 4.78 is 25.9. The molecule has 0 spiro atoms. The van der Waals surface area contributed by atoms with Crippen molar-refractivity contribution in [3.8, 4) is 0 Å². The number of hydrogen-bond donors (Lipinski definition) is 0. The highest BCUT2D eigenvalue weighted by Gasteiger charge is 2.28. The molecule has 1 aromatic rings. The van der Waals surface area contributed by atoms with Crippen LogP contribution in [0.3, 0.4) is 0 Å². The van der Waals surface area contributed by atoms with Gasteiger partial charge < -0.3 is 4.90 Å². The quantitative estimate of drug-likeness (QED) is 0.742. The van der Waals surface area contributed by atoms with Crippen LogP contribution in [0.4, 0.5) is 0 Å². The van der Waals surface area contributed by atoms with E-state index in [9.17, 15) is 8.42 Å². The van der Waals surface area contributed by atoms with Crippen LogP contribution >= 0.6 is 11.3 Å². The zero-order valence-corrected chi connectivity index (χ0v) is 10.1. The van der Waals surface area contributed by atoms with Crippen LogP contribution in [0.2, 0.25) is 0 Å². The number of thiazole rings is 1. The predicted octanol–water partition coefficient (Wildman–Crippen LogP) is 0.0792. The Morgan fingerprint density at radius 2 is 2.00 bits per heavy atom. The fraction of sp³-hybridized carbons (Fsp3) is 0.625. The number of likely N-dealkylation sites (N-methyl/N-ethyl adjacent to an activating group) is 1. The van der Waals surface area contributed by atoms with Gasteiger partial charge in [0.05, 0.1) is 11.7 Å². The summed E-state index contributed by atoms with van der Waals surface area (Å²) in [6.07, 6.45) is 1.42. The van der Waals surface area contributed by atoms with Gasteiger partial charge in [-0.15, -0.1) is 11.3 Å². The van der Waals surface area contributed by atoms with Gasteiger partial charge in [-0.1, -0.05) is 0 Å². The zero-order valence-electron chi connectivity index (χ0n) is 8.46. The molecule has 0 bridgehead atoms. The average Bonchev–Trinajstić information content (AvgIpc) is 2.71. The van der Waals surface area contributed by atoms with E-state index in [1.165, 1.54) is 21.8 Å². The summed E-state index contributed by atoms with van der Waals surface area (Å²) in [4.78, 5) is 5.92. The van der Waals surface area contributed by atoms with Crippen molar-refractivity contribution in [1.29, 1.82) is 0 Å². The van der Waals surface area contributed by atoms with Gasteiger partial charge in [0.2, 0.25) is 0 Å². The highest BCUT2D eigenvalue weighted by atomic mass is 32.2. The lowest BCUT2D eigenvalue weighted by molar-refractivity contribution is 0.222. The molecule has 2 rings (SSSR count). The Balaban J connectivity index is 2.17. The number of sulfonamides is 1. The van der Waals surface area contributed by atoms with Crippen LogP contribution in [0.25, 0.3) is 0 Å². The molecule has 1 aliphatic heterocycles. The van der Waals surface area contributed by atoms with E-state index in [-0.39, 0.29) is 0 Å². The monoisotopic (exact) mass is 247 g/mol. The number of nitrogens with zero attached hydrogens (tertiary/aromatic N) is 3. The van der Waals surface area contributed by atoms with Crippen molar-refractivity contribution in [2.45, 2.75) is 4.21 Å². The maximum Gasteiger partial charge on any atom is 0.254 e. The van der Waals surface area contributed by atoms with Gasteiger partial charge in [-0.2, -0.15) is 4.31 Å². The Bertz CT molecular complexity index is 407. The lowest BCUT2D eigenvalue weighted by Gasteiger charge is -2.30. The third kappa shape index (κ3) is 2.20. The average molecular weight is 247 g/mol. The summed E-state index contributed by atoms with van der Waals surface area (Å²) in [5.74, 6) is 0. The molecule has 0 aliphatic carbocycles. The van der Waals surface area contributed by atoms with Gasteiger partial charge in [0.25, 0.3) is 10.0 Å². The standard InChI is InChI=1S/C8H13N3O2S2/c1-10-2-4-11(5-3-10)15(12,13)8-6-9-7-14-8/h6-7H,2-5H2,1H3. The molecule has 1 fully saturated rings. The van der Waals surface area contributed by atoms with Crippen LogP contribution in [0.5, 0.6) is 0 Å². The second-order valence-electron chi connectivity index (χ2n) is 3.53. The molecule has 0 radical (unpaired) electrons. The van der Waals surface area contributed by atoms with E-state index >= 15 is 0 Å². The summed E-state index contributed by atoms with van der Waals surface area (Å²) in [6, 6.07) is 0. The first kappa shape index (κ1) is 11.0. The molecule has 84 valence electrons. The van der Waals surface area contributed by atoms with Gasteiger partial charge in [-0.25, -0.2) is 8.42 Å². The Hall–Kier alpha value is -0.500. The lowest BCUT2D eigenvalue weighted by atomic mass is 10.4. The summed E-state index contributed by atoms with van der Waals surface area (Å²) in [5.41, 5.74) is 1.54. The molecule has 0 amide bonds. The topological polar surface area (TPSA) is 53.5 Å². The van der Waals surface area contributed by atoms with E-state index in [0.717, 1.165) is 13.1 Å². The second kappa shape index (κ2) is 4.17. The maximum atomic E-state index is 12.0. The molecule has 0 aromatic carbocycles. The molecule has 0 N–H and O–H groups in total. The summed E-state index contributed by atoms with van der Waals surface area (Å²) in [5, 5.41) is 0. The Labute approximate surface area is 93.4 Å². The van der Waals surface area contributed by atoms with Crippen LogP contribution in [-0.2, 0) is 10.0 Å². The van der Waals surface area contributed by atoms with Gasteiger partial charge in [-0.05, 0) is 7.05 Å². The number of rotatable bonds is 2. The highest BCUT2D eigenvalue weighted by Crippen LogP contribution is 2.20. The second-order valence-corrected chi connectivity index (χ2v) is 6.58. The largest absolute Gasteiger partial charge is 0.304 e. The van der Waals surface area contributed by atoms with Crippen molar-refractivity contribution < 1.29 is 8.42 Å². The van der Waals surface area contributed by atoms with Gasteiger partial charge in [0.1, 0.15) is 0 Å². The molecule has 1 saturated heterocycles. The van der Waals surface area contributed by atoms with E-state index in [0.29, 0.717) is 17.3 Å². The van der Waals surface area contributed by atoms with Crippen molar-refractivity contribution in [3.63, 3.8) is 0 Å². The highest BCUT2D eigenvalue weighted by molar-refractivity contribution is 7.91. The predicted molar refractivity (Wildman–Crippen MR) is 58.4 cm³/mol. The lowest BCUT2D eigenvalue weighted by Crippen LogP contribution is -2.46. The Morgan fingerprint density at radius 1 is 1.33 bits per heavy atom. The third-order valence-electron chi connectivity index (χ3n) is 2.47. The molecule has 0 saturated carbocycles. The first-order chi connectivity index (χ1) is 7.10. The van der Waals surface area contributed by atoms with Gasteiger partial charge in [0.15, 0.2) is 4.21 Å². The van der Waals surface area contributed by atoms with Crippen molar-refractivity contribution in [3.05, 3.63) is 11.7 Å². The molecule has 0 atom stereocenters. The minimum absolute atomic E-state index is 0.340. The van der Waals surface area contributed by atoms with E-state index in [2.05, 4.69) is 9.88 Å². The van der Waals surface area contributed by atoms with Gasteiger partial charge in [0, 0.05) is 26.2 Å². The van der Waals surface area contributed by atoms with E-state index in [4.69, 9.17) is 0 Å². The summed E-state index contributed by atoms with van der Waals surface area (Å²) in [7, 11) is -1.28. The zero-order chi connectivity index (χ0) is 10.9. The molecule has 7 heteroatoms.